The predicted molar refractivity (Wildman–Crippen MR) is 39.9 cm³/mol. The van der Waals surface area contributed by atoms with Crippen molar-refractivity contribution >= 4 is 11.9 Å². The monoisotopic (exact) mass is 171 g/mol. The molecule has 0 saturated heterocycles. The summed E-state index contributed by atoms with van der Waals surface area (Å²) in [5.41, 5.74) is 10.2. The zero-order chi connectivity index (χ0) is 8.97. The van der Waals surface area contributed by atoms with Gasteiger partial charge < -0.3 is 16.0 Å². The van der Waals surface area contributed by atoms with Crippen LogP contribution < -0.4 is 16.8 Å². The van der Waals surface area contributed by atoms with Crippen LogP contribution in [0.3, 0.4) is 0 Å². The second-order valence-corrected chi connectivity index (χ2v) is 1.97. The lowest BCUT2D eigenvalue weighted by Crippen LogP contribution is -2.22. The number of hydrogen-bond donors (Lipinski definition) is 3. The first-order valence-electron chi connectivity index (χ1n) is 3.29. The summed E-state index contributed by atoms with van der Waals surface area (Å²) in [6.07, 6.45) is 0. The molecule has 0 aliphatic carbocycles. The zero-order valence-corrected chi connectivity index (χ0v) is 6.28. The van der Waals surface area contributed by atoms with Crippen LogP contribution in [0, 0.1) is 0 Å². The van der Waals surface area contributed by atoms with Crippen molar-refractivity contribution in [1.29, 1.82) is 0 Å². The molecule has 1 heterocycles. The average molecular weight is 171 g/mol. The van der Waals surface area contributed by atoms with Gasteiger partial charge in [0.05, 0.1) is 13.1 Å². The molecule has 0 fully saturated rings. The Balaban J connectivity index is 2.58. The van der Waals surface area contributed by atoms with Crippen LogP contribution in [0.4, 0.5) is 5.95 Å². The van der Waals surface area contributed by atoms with Crippen LogP contribution in [0.15, 0.2) is 4.52 Å². The smallest absolute Gasteiger partial charge is 0.270 e. The summed E-state index contributed by atoms with van der Waals surface area (Å²) >= 11 is 0. The summed E-state index contributed by atoms with van der Waals surface area (Å²) in [6, 6.07) is 0. The molecule has 7 heteroatoms. The van der Waals surface area contributed by atoms with E-state index >= 15 is 0 Å². The van der Waals surface area contributed by atoms with E-state index in [-0.39, 0.29) is 30.8 Å². The molecule has 0 atom stereocenters. The Morgan fingerprint density at radius 2 is 2.33 bits per heavy atom. The zero-order valence-electron chi connectivity index (χ0n) is 6.28. The summed E-state index contributed by atoms with van der Waals surface area (Å²) in [5.74, 6) is -0.0207. The van der Waals surface area contributed by atoms with E-state index in [1.807, 2.05) is 0 Å². The Kier molecular flexibility index (Phi) is 2.72. The Labute approximate surface area is 68.1 Å². The van der Waals surface area contributed by atoms with Crippen LogP contribution in [0.5, 0.6) is 0 Å². The molecular weight excluding hydrogens is 162 g/mol. The number of carbonyl (C=O) groups excluding carboxylic acids is 1. The minimum absolute atomic E-state index is 0.0888. The second-order valence-electron chi connectivity index (χ2n) is 1.97. The van der Waals surface area contributed by atoms with Crippen molar-refractivity contribution in [1.82, 2.24) is 10.1 Å². The fourth-order valence-electron chi connectivity index (χ4n) is 0.564. The van der Waals surface area contributed by atoms with Crippen LogP contribution in [-0.4, -0.2) is 22.6 Å². The van der Waals surface area contributed by atoms with Gasteiger partial charge in [0.25, 0.3) is 5.95 Å². The van der Waals surface area contributed by atoms with E-state index in [2.05, 4.69) is 20.0 Å². The number of nitrogens with one attached hydrogen (secondary N) is 1. The highest BCUT2D eigenvalue weighted by Crippen LogP contribution is 1.99. The van der Waals surface area contributed by atoms with Gasteiger partial charge in [-0.15, -0.1) is 0 Å². The molecule has 0 spiro atoms. The van der Waals surface area contributed by atoms with Gasteiger partial charge in [-0.3, -0.25) is 10.1 Å². The van der Waals surface area contributed by atoms with E-state index in [0.29, 0.717) is 0 Å². The number of nitrogens with two attached hydrogens (primary N) is 2. The molecule has 0 saturated carbocycles. The number of hydrogen-bond acceptors (Lipinski definition) is 6. The molecule has 7 nitrogen and oxygen atoms in total. The first-order valence-corrected chi connectivity index (χ1v) is 3.29. The molecule has 0 aliphatic rings. The quantitative estimate of drug-likeness (QED) is 0.505. The summed E-state index contributed by atoms with van der Waals surface area (Å²) in [7, 11) is 0. The normalized spacial score (nSPS) is 9.83. The third-order valence-corrected chi connectivity index (χ3v) is 1.08. The molecule has 1 rings (SSSR count). The number of aromatic nitrogens is 2. The molecule has 1 amide bonds. The SMILES string of the molecule is NCC(=O)Nc1noc(CN)n1. The van der Waals surface area contributed by atoms with Crippen molar-refractivity contribution in [2.24, 2.45) is 11.5 Å². The largest absolute Gasteiger partial charge is 0.336 e. The van der Waals surface area contributed by atoms with E-state index < -0.39 is 0 Å². The number of anilines is 1. The number of rotatable bonds is 3. The van der Waals surface area contributed by atoms with Gasteiger partial charge in [-0.05, 0) is 5.16 Å². The van der Waals surface area contributed by atoms with Crippen LogP contribution in [-0.2, 0) is 11.3 Å². The van der Waals surface area contributed by atoms with Gasteiger partial charge >= 0.3 is 0 Å². The van der Waals surface area contributed by atoms with E-state index in [0.717, 1.165) is 0 Å². The highest BCUT2D eigenvalue weighted by molar-refractivity contribution is 5.90. The molecule has 12 heavy (non-hydrogen) atoms. The predicted octanol–water partition coefficient (Wildman–Crippen LogP) is -1.57. The molecule has 1 aromatic heterocycles. The van der Waals surface area contributed by atoms with E-state index in [9.17, 15) is 4.79 Å². The fourth-order valence-corrected chi connectivity index (χ4v) is 0.564. The molecule has 0 bridgehead atoms. The molecule has 5 N–H and O–H groups in total. The van der Waals surface area contributed by atoms with Crippen molar-refractivity contribution in [3.63, 3.8) is 0 Å². The topological polar surface area (TPSA) is 120 Å². The van der Waals surface area contributed by atoms with Gasteiger partial charge in [-0.1, -0.05) is 0 Å². The van der Waals surface area contributed by atoms with Gasteiger partial charge in [0.2, 0.25) is 11.8 Å². The maximum absolute atomic E-state index is 10.7. The van der Waals surface area contributed by atoms with Crippen molar-refractivity contribution in [2.45, 2.75) is 6.54 Å². The second kappa shape index (κ2) is 3.79. The molecule has 0 unspecified atom stereocenters. The minimum atomic E-state index is -0.376. The summed E-state index contributed by atoms with van der Waals surface area (Å²) in [4.78, 5) is 14.4. The van der Waals surface area contributed by atoms with Gasteiger partial charge in [-0.25, -0.2) is 0 Å². The third kappa shape index (κ3) is 2.01. The lowest BCUT2D eigenvalue weighted by molar-refractivity contribution is -0.115. The van der Waals surface area contributed by atoms with Crippen molar-refractivity contribution in [3.05, 3.63) is 5.89 Å². The number of nitrogens with zero attached hydrogens (tertiary/aromatic N) is 2. The van der Waals surface area contributed by atoms with Crippen molar-refractivity contribution in [3.8, 4) is 0 Å². The standard InChI is InChI=1S/C5H9N5O2/c6-1-3(11)8-5-9-4(2-7)12-10-5/h1-2,6-7H2,(H,8,10,11). The molecule has 66 valence electrons. The van der Waals surface area contributed by atoms with Gasteiger partial charge in [0.15, 0.2) is 0 Å². The maximum Gasteiger partial charge on any atom is 0.270 e. The van der Waals surface area contributed by atoms with Crippen LogP contribution in [0.2, 0.25) is 0 Å². The fraction of sp³-hybridized carbons (Fsp3) is 0.400. The highest BCUT2D eigenvalue weighted by Gasteiger charge is 2.06. The Hall–Kier alpha value is -1.47. The lowest BCUT2D eigenvalue weighted by Gasteiger charge is -1.93. The molecule has 0 aliphatic heterocycles. The van der Waals surface area contributed by atoms with Crippen molar-refractivity contribution in [2.75, 3.05) is 11.9 Å². The summed E-state index contributed by atoms with van der Waals surface area (Å²) in [5, 5.41) is 5.73. The van der Waals surface area contributed by atoms with Gasteiger partial charge in [0.1, 0.15) is 0 Å². The molecule has 1 aromatic rings. The van der Waals surface area contributed by atoms with E-state index in [1.54, 1.807) is 0 Å². The third-order valence-electron chi connectivity index (χ3n) is 1.08. The Bertz CT molecular complexity index is 271. The van der Waals surface area contributed by atoms with E-state index in [1.165, 1.54) is 0 Å². The van der Waals surface area contributed by atoms with Crippen LogP contribution in [0.1, 0.15) is 5.89 Å². The van der Waals surface area contributed by atoms with Crippen molar-refractivity contribution < 1.29 is 9.32 Å². The number of carbonyl (C=O) groups is 1. The lowest BCUT2D eigenvalue weighted by atomic mass is 10.6. The molecular formula is C5H9N5O2. The number of amides is 1. The van der Waals surface area contributed by atoms with Crippen LogP contribution in [0.25, 0.3) is 0 Å². The average Bonchev–Trinajstić information content (AvgIpc) is 2.52. The Morgan fingerprint density at radius 3 is 2.83 bits per heavy atom. The maximum atomic E-state index is 10.7. The minimum Gasteiger partial charge on any atom is -0.336 e. The molecule has 0 aromatic carbocycles. The molecule has 0 radical (unpaired) electrons. The first kappa shape index (κ1) is 8.62. The van der Waals surface area contributed by atoms with Gasteiger partial charge in [0, 0.05) is 0 Å². The van der Waals surface area contributed by atoms with E-state index in [4.69, 9.17) is 11.5 Å². The van der Waals surface area contributed by atoms with Gasteiger partial charge in [-0.2, -0.15) is 4.98 Å². The highest BCUT2D eigenvalue weighted by atomic mass is 16.5. The summed E-state index contributed by atoms with van der Waals surface area (Å²) < 4.78 is 4.62. The Morgan fingerprint density at radius 1 is 1.58 bits per heavy atom. The van der Waals surface area contributed by atoms with Crippen LogP contribution >= 0.6 is 0 Å². The summed E-state index contributed by atoms with van der Waals surface area (Å²) in [6.45, 7) is 0.0258. The first-order chi connectivity index (χ1) is 5.76.